The summed E-state index contributed by atoms with van der Waals surface area (Å²) >= 11 is 0. The van der Waals surface area contributed by atoms with Gasteiger partial charge in [0.15, 0.2) is 0 Å². The lowest BCUT2D eigenvalue weighted by Crippen LogP contribution is -2.48. The van der Waals surface area contributed by atoms with E-state index in [0.29, 0.717) is 12.0 Å². The zero-order valence-electron chi connectivity index (χ0n) is 18.1. The molecule has 1 saturated heterocycles. The number of hydrazine groups is 1. The van der Waals surface area contributed by atoms with Crippen molar-refractivity contribution in [2.45, 2.75) is 45.3 Å². The monoisotopic (exact) mass is 440 g/mol. The van der Waals surface area contributed by atoms with Crippen LogP contribution in [0.25, 0.3) is 0 Å². The molecular formula is C24H26F2N4O2. The molecule has 2 N–H and O–H groups in total. The molecule has 6 nitrogen and oxygen atoms in total. The van der Waals surface area contributed by atoms with E-state index < -0.39 is 11.6 Å². The summed E-state index contributed by atoms with van der Waals surface area (Å²) < 4.78 is 26.5. The van der Waals surface area contributed by atoms with Crippen LogP contribution in [0.3, 0.4) is 0 Å². The van der Waals surface area contributed by atoms with E-state index in [4.69, 9.17) is 0 Å². The molecule has 2 aromatic rings. The van der Waals surface area contributed by atoms with Gasteiger partial charge >= 0.3 is 0 Å². The number of carbonyl (C=O) groups is 2. The van der Waals surface area contributed by atoms with Crippen LogP contribution in [0.1, 0.15) is 41.1 Å². The quantitative estimate of drug-likeness (QED) is 0.724. The molecule has 0 bridgehead atoms. The molecule has 2 amide bonds. The first-order valence-corrected chi connectivity index (χ1v) is 10.6. The summed E-state index contributed by atoms with van der Waals surface area (Å²) in [6.45, 7) is 4.40. The van der Waals surface area contributed by atoms with Gasteiger partial charge in [-0.15, -0.1) is 0 Å². The van der Waals surface area contributed by atoms with E-state index in [1.165, 1.54) is 23.3 Å². The van der Waals surface area contributed by atoms with Gasteiger partial charge in [0.25, 0.3) is 5.91 Å². The fraction of sp³-hybridized carbons (Fsp3) is 0.333. The van der Waals surface area contributed by atoms with Crippen LogP contribution in [0.15, 0.2) is 48.8 Å². The fourth-order valence-electron chi connectivity index (χ4n) is 4.04. The van der Waals surface area contributed by atoms with Gasteiger partial charge < -0.3 is 15.2 Å². The summed E-state index contributed by atoms with van der Waals surface area (Å²) in [5.74, 6) is -1.73. The van der Waals surface area contributed by atoms with Crippen molar-refractivity contribution in [1.29, 1.82) is 0 Å². The van der Waals surface area contributed by atoms with Gasteiger partial charge in [-0.3, -0.25) is 9.59 Å². The largest absolute Gasteiger partial charge is 0.352 e. The SMILES string of the molecule is Cc1ccc(C2CC3C(=O)N(CCC(=O)NCc4cc(F)cc(F)c4)C=CN3N2)cc1C. The lowest BCUT2D eigenvalue weighted by atomic mass is 9.97. The molecule has 2 aliphatic heterocycles. The summed E-state index contributed by atoms with van der Waals surface area (Å²) in [6.07, 6.45) is 4.22. The van der Waals surface area contributed by atoms with Gasteiger partial charge in [0.05, 0.1) is 6.04 Å². The van der Waals surface area contributed by atoms with Crippen molar-refractivity contribution >= 4 is 11.8 Å². The van der Waals surface area contributed by atoms with Crippen molar-refractivity contribution in [3.05, 3.63) is 82.7 Å². The van der Waals surface area contributed by atoms with Gasteiger partial charge in [0.2, 0.25) is 5.91 Å². The van der Waals surface area contributed by atoms with Crippen molar-refractivity contribution in [3.8, 4) is 0 Å². The maximum atomic E-state index is 13.3. The molecule has 1 fully saturated rings. The lowest BCUT2D eigenvalue weighted by Gasteiger charge is -2.31. The Balaban J connectivity index is 1.30. The van der Waals surface area contributed by atoms with Crippen molar-refractivity contribution in [2.75, 3.05) is 6.54 Å². The minimum atomic E-state index is -0.688. The van der Waals surface area contributed by atoms with E-state index in [-0.39, 0.29) is 43.4 Å². The third-order valence-electron chi connectivity index (χ3n) is 6.00. The second-order valence-electron chi connectivity index (χ2n) is 8.32. The van der Waals surface area contributed by atoms with Crippen LogP contribution >= 0.6 is 0 Å². The Hall–Kier alpha value is -3.26. The summed E-state index contributed by atoms with van der Waals surface area (Å²) in [4.78, 5) is 26.7. The Bertz CT molecular complexity index is 1050. The predicted molar refractivity (Wildman–Crippen MR) is 116 cm³/mol. The van der Waals surface area contributed by atoms with Crippen molar-refractivity contribution in [2.24, 2.45) is 0 Å². The summed E-state index contributed by atoms with van der Waals surface area (Å²) in [5.41, 5.74) is 7.30. The topological polar surface area (TPSA) is 64.7 Å². The van der Waals surface area contributed by atoms with E-state index in [1.807, 2.05) is 11.2 Å². The van der Waals surface area contributed by atoms with Crippen LogP contribution in [0.5, 0.6) is 0 Å². The maximum absolute atomic E-state index is 13.3. The maximum Gasteiger partial charge on any atom is 0.250 e. The number of hydrogen-bond donors (Lipinski definition) is 2. The highest BCUT2D eigenvalue weighted by Gasteiger charge is 2.39. The number of halogens is 2. The molecule has 168 valence electrons. The molecular weight excluding hydrogens is 414 g/mol. The molecule has 4 rings (SSSR count). The van der Waals surface area contributed by atoms with Crippen LogP contribution in [-0.4, -0.2) is 34.3 Å². The average Bonchev–Trinajstić information content (AvgIpc) is 3.18. The van der Waals surface area contributed by atoms with E-state index in [9.17, 15) is 18.4 Å². The van der Waals surface area contributed by atoms with E-state index in [1.54, 1.807) is 11.1 Å². The molecule has 2 aromatic carbocycles. The van der Waals surface area contributed by atoms with Crippen LogP contribution in [0, 0.1) is 25.5 Å². The van der Waals surface area contributed by atoms with Crippen molar-refractivity contribution < 1.29 is 18.4 Å². The van der Waals surface area contributed by atoms with Crippen molar-refractivity contribution in [1.82, 2.24) is 20.7 Å². The Labute approximate surface area is 185 Å². The van der Waals surface area contributed by atoms with Gasteiger partial charge in [-0.1, -0.05) is 18.2 Å². The smallest absolute Gasteiger partial charge is 0.250 e. The number of aryl methyl sites for hydroxylation is 2. The molecule has 0 saturated carbocycles. The highest BCUT2D eigenvalue weighted by atomic mass is 19.1. The number of benzene rings is 2. The average molecular weight is 440 g/mol. The number of rotatable bonds is 6. The molecule has 0 aliphatic carbocycles. The lowest BCUT2D eigenvalue weighted by molar-refractivity contribution is -0.134. The first-order chi connectivity index (χ1) is 15.3. The van der Waals surface area contributed by atoms with E-state index in [2.05, 4.69) is 42.8 Å². The molecule has 2 unspecified atom stereocenters. The van der Waals surface area contributed by atoms with Gasteiger partial charge in [-0.2, -0.15) is 0 Å². The van der Waals surface area contributed by atoms with Gasteiger partial charge in [0, 0.05) is 38.0 Å². The van der Waals surface area contributed by atoms with Crippen LogP contribution < -0.4 is 10.7 Å². The highest BCUT2D eigenvalue weighted by molar-refractivity contribution is 5.85. The molecule has 32 heavy (non-hydrogen) atoms. The van der Waals surface area contributed by atoms with Gasteiger partial charge in [0.1, 0.15) is 17.7 Å². The summed E-state index contributed by atoms with van der Waals surface area (Å²) in [5, 5.41) is 4.47. The summed E-state index contributed by atoms with van der Waals surface area (Å²) in [6, 6.07) is 9.16. The van der Waals surface area contributed by atoms with Crippen LogP contribution in [0.4, 0.5) is 8.78 Å². The molecule has 0 spiro atoms. The van der Waals surface area contributed by atoms with E-state index >= 15 is 0 Å². The Morgan fingerprint density at radius 3 is 2.56 bits per heavy atom. The second kappa shape index (κ2) is 9.08. The Morgan fingerprint density at radius 1 is 1.09 bits per heavy atom. The standard InChI is InChI=1S/C24H26F2N4O2/c1-15-3-4-18(9-16(15)2)21-13-22-24(32)29(7-8-30(22)28-21)6-5-23(31)27-14-17-10-19(25)12-20(26)11-17/h3-4,7-12,21-22,28H,5-6,13-14H2,1-2H3,(H,27,31). The normalized spacial score (nSPS) is 19.9. The van der Waals surface area contributed by atoms with Crippen molar-refractivity contribution in [3.63, 3.8) is 0 Å². The molecule has 0 aromatic heterocycles. The summed E-state index contributed by atoms with van der Waals surface area (Å²) in [7, 11) is 0. The number of nitrogens with one attached hydrogen (secondary N) is 2. The number of hydrogen-bond acceptors (Lipinski definition) is 4. The number of fused-ring (bicyclic) bond motifs is 1. The number of nitrogens with zero attached hydrogens (tertiary/aromatic N) is 2. The zero-order chi connectivity index (χ0) is 22.8. The van der Waals surface area contributed by atoms with Crippen LogP contribution in [-0.2, 0) is 16.1 Å². The Morgan fingerprint density at radius 2 is 1.84 bits per heavy atom. The predicted octanol–water partition coefficient (Wildman–Crippen LogP) is 3.22. The number of amides is 2. The number of carbonyl (C=O) groups excluding carboxylic acids is 2. The molecule has 2 aliphatic rings. The molecule has 8 heteroatoms. The fourth-order valence-corrected chi connectivity index (χ4v) is 4.04. The minimum absolute atomic E-state index is 0.0231. The first-order valence-electron chi connectivity index (χ1n) is 10.6. The minimum Gasteiger partial charge on any atom is -0.352 e. The molecule has 2 atom stereocenters. The van der Waals surface area contributed by atoms with Gasteiger partial charge in [-0.25, -0.2) is 14.2 Å². The van der Waals surface area contributed by atoms with Gasteiger partial charge in [-0.05, 0) is 54.7 Å². The van der Waals surface area contributed by atoms with Crippen LogP contribution in [0.2, 0.25) is 0 Å². The highest BCUT2D eigenvalue weighted by Crippen LogP contribution is 2.31. The third kappa shape index (κ3) is 4.80. The first kappa shape index (κ1) is 22.0. The zero-order valence-corrected chi connectivity index (χ0v) is 18.1. The third-order valence-corrected chi connectivity index (χ3v) is 6.00. The molecule has 2 heterocycles. The second-order valence-corrected chi connectivity index (χ2v) is 8.32. The Kier molecular flexibility index (Phi) is 6.23. The van der Waals surface area contributed by atoms with E-state index in [0.717, 1.165) is 11.6 Å². The molecule has 0 radical (unpaired) electrons.